The van der Waals surface area contributed by atoms with Gasteiger partial charge in [0.2, 0.25) is 0 Å². The van der Waals surface area contributed by atoms with Crippen molar-refractivity contribution in [3.05, 3.63) is 83.4 Å². The lowest BCUT2D eigenvalue weighted by Gasteiger charge is -2.26. The van der Waals surface area contributed by atoms with E-state index >= 15 is 0 Å². The van der Waals surface area contributed by atoms with Gasteiger partial charge in [0.15, 0.2) is 6.61 Å². The third-order valence-corrected chi connectivity index (χ3v) is 5.05. The van der Waals surface area contributed by atoms with E-state index in [4.69, 9.17) is 4.74 Å². The molecule has 3 aromatic carbocycles. The van der Waals surface area contributed by atoms with Gasteiger partial charge in [0.25, 0.3) is 5.91 Å². The summed E-state index contributed by atoms with van der Waals surface area (Å²) in [6.45, 7) is -0.277. The highest BCUT2D eigenvalue weighted by atomic mass is 16.5. The number of hydrogen-bond donors (Lipinski definition) is 1. The molecule has 0 unspecified atom stereocenters. The molecule has 0 aromatic heterocycles. The molecule has 1 aliphatic rings. The smallest absolute Gasteiger partial charge is 0.339 e. The summed E-state index contributed by atoms with van der Waals surface area (Å²) in [7, 11) is 0. The molecule has 1 N–H and O–H groups in total. The lowest BCUT2D eigenvalue weighted by Crippen LogP contribution is -2.34. The van der Waals surface area contributed by atoms with Crippen molar-refractivity contribution < 1.29 is 14.3 Å². The molecule has 1 aliphatic carbocycles. The number of aryl methyl sites for hydroxylation is 1. The zero-order valence-corrected chi connectivity index (χ0v) is 15.0. The van der Waals surface area contributed by atoms with Gasteiger partial charge in [-0.3, -0.25) is 4.79 Å². The highest BCUT2D eigenvalue weighted by molar-refractivity contribution is 6.04. The molecule has 0 aliphatic heterocycles. The first-order valence-corrected chi connectivity index (χ1v) is 9.24. The number of benzene rings is 3. The van der Waals surface area contributed by atoms with Crippen LogP contribution in [0.15, 0.2) is 66.7 Å². The highest BCUT2D eigenvalue weighted by Crippen LogP contribution is 2.29. The zero-order valence-electron chi connectivity index (χ0n) is 15.0. The minimum atomic E-state index is -0.481. The molecule has 0 heterocycles. The van der Waals surface area contributed by atoms with Crippen molar-refractivity contribution >= 4 is 22.6 Å². The van der Waals surface area contributed by atoms with Gasteiger partial charge in [0.05, 0.1) is 11.6 Å². The van der Waals surface area contributed by atoms with Gasteiger partial charge in [-0.05, 0) is 47.2 Å². The fourth-order valence-corrected chi connectivity index (χ4v) is 3.75. The molecule has 3 aromatic rings. The predicted molar refractivity (Wildman–Crippen MR) is 104 cm³/mol. The maximum atomic E-state index is 12.5. The SMILES string of the molecule is O=C(COC(=O)c1cccc2ccccc12)N[C@@H]1CCCc2ccccc21. The largest absolute Gasteiger partial charge is 0.452 e. The molecule has 0 saturated heterocycles. The second-order valence-corrected chi connectivity index (χ2v) is 6.81. The van der Waals surface area contributed by atoms with Crippen LogP contribution in [0.5, 0.6) is 0 Å². The Bertz CT molecular complexity index is 990. The third-order valence-electron chi connectivity index (χ3n) is 5.05. The van der Waals surface area contributed by atoms with Gasteiger partial charge in [-0.2, -0.15) is 0 Å². The minimum absolute atomic E-state index is 0.0151. The summed E-state index contributed by atoms with van der Waals surface area (Å²) >= 11 is 0. The van der Waals surface area contributed by atoms with Crippen molar-refractivity contribution in [3.8, 4) is 0 Å². The van der Waals surface area contributed by atoms with Crippen LogP contribution in [-0.2, 0) is 16.0 Å². The maximum absolute atomic E-state index is 12.5. The van der Waals surface area contributed by atoms with E-state index in [9.17, 15) is 9.59 Å². The maximum Gasteiger partial charge on any atom is 0.339 e. The number of nitrogens with one attached hydrogen (secondary N) is 1. The van der Waals surface area contributed by atoms with Crippen LogP contribution in [0, 0.1) is 0 Å². The summed E-state index contributed by atoms with van der Waals surface area (Å²) in [5.41, 5.74) is 2.92. The van der Waals surface area contributed by atoms with Crippen molar-refractivity contribution in [2.75, 3.05) is 6.61 Å². The van der Waals surface area contributed by atoms with E-state index < -0.39 is 5.97 Å². The van der Waals surface area contributed by atoms with E-state index in [0.717, 1.165) is 35.6 Å². The fourth-order valence-electron chi connectivity index (χ4n) is 3.75. The Kier molecular flexibility index (Phi) is 4.88. The molecule has 1 atom stereocenters. The summed E-state index contributed by atoms with van der Waals surface area (Å²) in [6, 6.07) is 21.3. The topological polar surface area (TPSA) is 55.4 Å². The lowest BCUT2D eigenvalue weighted by molar-refractivity contribution is -0.125. The van der Waals surface area contributed by atoms with E-state index in [1.54, 1.807) is 6.07 Å². The molecule has 4 nitrogen and oxygen atoms in total. The summed E-state index contributed by atoms with van der Waals surface area (Å²) < 4.78 is 5.28. The number of carbonyl (C=O) groups is 2. The Balaban J connectivity index is 1.40. The molecule has 0 saturated carbocycles. The van der Waals surface area contributed by atoms with Crippen LogP contribution in [0.3, 0.4) is 0 Å². The monoisotopic (exact) mass is 359 g/mol. The third kappa shape index (κ3) is 3.70. The molecular weight excluding hydrogens is 338 g/mol. The quantitative estimate of drug-likeness (QED) is 0.711. The number of carbonyl (C=O) groups excluding carboxylic acids is 2. The van der Waals surface area contributed by atoms with Gasteiger partial charge >= 0.3 is 5.97 Å². The van der Waals surface area contributed by atoms with Crippen LogP contribution in [0.1, 0.15) is 40.4 Å². The van der Waals surface area contributed by atoms with E-state index in [1.165, 1.54) is 5.56 Å². The Morgan fingerprint density at radius 1 is 0.963 bits per heavy atom. The highest BCUT2D eigenvalue weighted by Gasteiger charge is 2.22. The normalized spacial score (nSPS) is 15.8. The number of esters is 1. The summed E-state index contributed by atoms with van der Waals surface area (Å²) in [6.07, 6.45) is 2.98. The van der Waals surface area contributed by atoms with Gasteiger partial charge in [0.1, 0.15) is 0 Å². The van der Waals surface area contributed by atoms with Crippen molar-refractivity contribution in [2.24, 2.45) is 0 Å². The van der Waals surface area contributed by atoms with Crippen LogP contribution < -0.4 is 5.32 Å². The van der Waals surface area contributed by atoms with Crippen LogP contribution in [0.25, 0.3) is 10.8 Å². The zero-order chi connectivity index (χ0) is 18.6. The first kappa shape index (κ1) is 17.3. The molecule has 1 amide bonds. The molecule has 4 heteroatoms. The van der Waals surface area contributed by atoms with Gasteiger partial charge in [0, 0.05) is 0 Å². The lowest BCUT2D eigenvalue weighted by atomic mass is 9.88. The summed E-state index contributed by atoms with van der Waals surface area (Å²) in [5.74, 6) is -0.753. The second-order valence-electron chi connectivity index (χ2n) is 6.81. The first-order chi connectivity index (χ1) is 13.2. The number of rotatable bonds is 4. The Morgan fingerprint density at radius 3 is 2.67 bits per heavy atom. The molecule has 136 valence electrons. The Morgan fingerprint density at radius 2 is 1.74 bits per heavy atom. The number of fused-ring (bicyclic) bond motifs is 2. The fraction of sp³-hybridized carbons (Fsp3) is 0.217. The van der Waals surface area contributed by atoms with Crippen LogP contribution in [-0.4, -0.2) is 18.5 Å². The second kappa shape index (κ2) is 7.62. The van der Waals surface area contributed by atoms with Crippen molar-refractivity contribution in [1.82, 2.24) is 5.32 Å². The van der Waals surface area contributed by atoms with Gasteiger partial charge in [-0.15, -0.1) is 0 Å². The van der Waals surface area contributed by atoms with Gasteiger partial charge < -0.3 is 10.1 Å². The van der Waals surface area contributed by atoms with Crippen molar-refractivity contribution in [3.63, 3.8) is 0 Å². The van der Waals surface area contributed by atoms with Crippen LogP contribution >= 0.6 is 0 Å². The first-order valence-electron chi connectivity index (χ1n) is 9.24. The Hall–Kier alpha value is -3.14. The van der Waals surface area contributed by atoms with E-state index in [2.05, 4.69) is 17.4 Å². The molecule has 27 heavy (non-hydrogen) atoms. The Labute approximate surface area is 158 Å². The van der Waals surface area contributed by atoms with E-state index in [-0.39, 0.29) is 18.6 Å². The van der Waals surface area contributed by atoms with Crippen molar-refractivity contribution in [1.29, 1.82) is 0 Å². The number of amides is 1. The van der Waals surface area contributed by atoms with Crippen molar-refractivity contribution in [2.45, 2.75) is 25.3 Å². The molecule has 0 fully saturated rings. The van der Waals surface area contributed by atoms with Gasteiger partial charge in [-0.1, -0.05) is 60.7 Å². The molecule has 0 radical (unpaired) electrons. The number of ether oxygens (including phenoxy) is 1. The molecule has 0 spiro atoms. The molecule has 0 bridgehead atoms. The summed E-state index contributed by atoms with van der Waals surface area (Å²) in [4.78, 5) is 24.8. The van der Waals surface area contributed by atoms with E-state index in [0.29, 0.717) is 5.56 Å². The van der Waals surface area contributed by atoms with Crippen LogP contribution in [0.4, 0.5) is 0 Å². The standard InChI is InChI=1S/C23H21NO3/c25-22(24-21-14-6-10-17-8-2-4-12-19(17)21)15-27-23(26)20-13-5-9-16-7-1-3-11-18(16)20/h1-5,7-9,11-13,21H,6,10,14-15H2,(H,24,25)/t21-/m1/s1. The minimum Gasteiger partial charge on any atom is -0.452 e. The number of hydrogen-bond acceptors (Lipinski definition) is 3. The van der Waals surface area contributed by atoms with Gasteiger partial charge in [-0.25, -0.2) is 4.79 Å². The average molecular weight is 359 g/mol. The average Bonchev–Trinajstić information content (AvgIpc) is 2.72. The molecule has 4 rings (SSSR count). The molecular formula is C23H21NO3. The van der Waals surface area contributed by atoms with E-state index in [1.807, 2.05) is 48.5 Å². The predicted octanol–water partition coefficient (Wildman–Crippen LogP) is 4.19. The van der Waals surface area contributed by atoms with Crippen LogP contribution in [0.2, 0.25) is 0 Å². The summed E-state index contributed by atoms with van der Waals surface area (Å²) in [5, 5.41) is 4.80.